The Balaban J connectivity index is 1.30. The van der Waals surface area contributed by atoms with Crippen LogP contribution in [0, 0.1) is 25.2 Å². The average Bonchev–Trinajstić information content (AvgIpc) is 3.33. The summed E-state index contributed by atoms with van der Waals surface area (Å²) >= 11 is 1.32. The second kappa shape index (κ2) is 12.3. The molecule has 1 amide bonds. The molecule has 2 aliphatic heterocycles. The number of ether oxygens (including phenoxy) is 4. The summed E-state index contributed by atoms with van der Waals surface area (Å²) in [6, 6.07) is 11.3. The number of hydrazone groups is 1. The molecule has 2 aromatic rings. The number of amidine groups is 2. The van der Waals surface area contributed by atoms with Gasteiger partial charge >= 0.3 is 0 Å². The van der Waals surface area contributed by atoms with E-state index in [0.29, 0.717) is 48.7 Å². The molecule has 2 aliphatic rings. The van der Waals surface area contributed by atoms with E-state index in [0.717, 1.165) is 10.8 Å². The van der Waals surface area contributed by atoms with Crippen LogP contribution in [0.3, 0.4) is 0 Å². The van der Waals surface area contributed by atoms with Crippen LogP contribution in [-0.4, -0.2) is 60.5 Å². The Labute approximate surface area is 227 Å². The van der Waals surface area contributed by atoms with Crippen LogP contribution >= 0.6 is 11.8 Å². The van der Waals surface area contributed by atoms with Crippen molar-refractivity contribution in [2.75, 3.05) is 33.5 Å². The molecular weight excluding hydrogens is 504 g/mol. The van der Waals surface area contributed by atoms with Gasteiger partial charge in [-0.25, -0.2) is 0 Å². The maximum absolute atomic E-state index is 12.6. The zero-order valence-corrected chi connectivity index (χ0v) is 23.1. The smallest absolute Gasteiger partial charge is 0.283 e. The molecule has 200 valence electrons. The molecule has 0 bridgehead atoms. The summed E-state index contributed by atoms with van der Waals surface area (Å²) < 4.78 is 22.7. The maximum Gasteiger partial charge on any atom is 0.283 e. The number of nitrogens with one attached hydrogen (secondary N) is 1. The third-order valence-corrected chi connectivity index (χ3v) is 7.13. The molecule has 0 aliphatic carbocycles. The van der Waals surface area contributed by atoms with Crippen LogP contribution in [0.2, 0.25) is 0 Å². The first-order chi connectivity index (χ1) is 18.3. The van der Waals surface area contributed by atoms with Crippen molar-refractivity contribution in [2.45, 2.75) is 27.7 Å². The summed E-state index contributed by atoms with van der Waals surface area (Å²) in [7, 11) is 1.55. The molecule has 0 saturated carbocycles. The molecule has 0 radical (unpaired) electrons. The van der Waals surface area contributed by atoms with Crippen molar-refractivity contribution >= 4 is 39.8 Å². The number of amides is 1. The van der Waals surface area contributed by atoms with E-state index in [1.54, 1.807) is 31.4 Å². The molecule has 0 spiro atoms. The van der Waals surface area contributed by atoms with Crippen LogP contribution in [-0.2, 0) is 9.53 Å². The minimum Gasteiger partial charge on any atom is -0.493 e. The number of nitrogens with zero attached hydrogens (tertiary/aromatic N) is 3. The summed E-state index contributed by atoms with van der Waals surface area (Å²) in [6.45, 7) is 9.78. The van der Waals surface area contributed by atoms with Crippen molar-refractivity contribution < 1.29 is 23.7 Å². The SMILES string of the molecule is COc1cc(/C=C2/C(=N)N3N=C(C(C)C)SC3=NC2=O)ccc1OCCOCCOc1ccc(C)c(C)c1. The minimum atomic E-state index is -0.466. The molecule has 0 fully saturated rings. The van der Waals surface area contributed by atoms with Crippen molar-refractivity contribution in [2.24, 2.45) is 16.0 Å². The molecule has 0 saturated heterocycles. The number of thioether (sulfide) groups is 1. The van der Waals surface area contributed by atoms with Crippen molar-refractivity contribution in [3.8, 4) is 17.2 Å². The van der Waals surface area contributed by atoms with E-state index in [4.69, 9.17) is 24.4 Å². The van der Waals surface area contributed by atoms with E-state index >= 15 is 0 Å². The molecule has 2 heterocycles. The van der Waals surface area contributed by atoms with Gasteiger partial charge in [0.05, 0.1) is 25.9 Å². The monoisotopic (exact) mass is 536 g/mol. The van der Waals surface area contributed by atoms with E-state index in [1.165, 1.54) is 27.9 Å². The Bertz CT molecular complexity index is 1320. The number of fused-ring (bicyclic) bond motifs is 1. The van der Waals surface area contributed by atoms with Crippen LogP contribution in [0.25, 0.3) is 6.08 Å². The van der Waals surface area contributed by atoms with Gasteiger partial charge in [-0.05, 0) is 72.6 Å². The third-order valence-electron chi connectivity index (χ3n) is 5.92. The van der Waals surface area contributed by atoms with Gasteiger partial charge in [0.15, 0.2) is 17.3 Å². The Kier molecular flexibility index (Phi) is 8.85. The van der Waals surface area contributed by atoms with Gasteiger partial charge in [0.25, 0.3) is 5.91 Å². The van der Waals surface area contributed by atoms with E-state index in [-0.39, 0.29) is 17.3 Å². The quantitative estimate of drug-likeness (QED) is 0.316. The lowest BCUT2D eigenvalue weighted by Crippen LogP contribution is -2.35. The lowest BCUT2D eigenvalue weighted by molar-refractivity contribution is -0.114. The van der Waals surface area contributed by atoms with Gasteiger partial charge < -0.3 is 18.9 Å². The fraction of sp³-hybridized carbons (Fsp3) is 0.357. The van der Waals surface area contributed by atoms with Crippen molar-refractivity contribution in [3.63, 3.8) is 0 Å². The van der Waals surface area contributed by atoms with Gasteiger partial charge in [0, 0.05) is 5.92 Å². The lowest BCUT2D eigenvalue weighted by Gasteiger charge is -2.20. The first-order valence-corrected chi connectivity index (χ1v) is 13.2. The summed E-state index contributed by atoms with van der Waals surface area (Å²) in [5.74, 6) is 1.61. The Morgan fingerprint density at radius 3 is 2.47 bits per heavy atom. The van der Waals surface area contributed by atoms with Gasteiger partial charge in [-0.1, -0.05) is 26.0 Å². The van der Waals surface area contributed by atoms with Crippen LogP contribution in [0.1, 0.15) is 30.5 Å². The average molecular weight is 537 g/mol. The van der Waals surface area contributed by atoms with Crippen molar-refractivity contribution in [1.82, 2.24) is 5.01 Å². The van der Waals surface area contributed by atoms with Crippen LogP contribution < -0.4 is 14.2 Å². The molecule has 4 rings (SSSR count). The van der Waals surface area contributed by atoms with E-state index < -0.39 is 5.91 Å². The van der Waals surface area contributed by atoms with Crippen LogP contribution in [0.15, 0.2) is 52.1 Å². The molecule has 1 N–H and O–H groups in total. The van der Waals surface area contributed by atoms with Gasteiger partial charge in [-0.2, -0.15) is 15.1 Å². The van der Waals surface area contributed by atoms with Gasteiger partial charge in [0.1, 0.15) is 24.0 Å². The van der Waals surface area contributed by atoms with Crippen molar-refractivity contribution in [1.29, 1.82) is 5.41 Å². The van der Waals surface area contributed by atoms with E-state index in [9.17, 15) is 4.79 Å². The molecule has 0 atom stereocenters. The predicted octanol–water partition coefficient (Wildman–Crippen LogP) is 5.06. The summed E-state index contributed by atoms with van der Waals surface area (Å²) in [5.41, 5.74) is 3.27. The molecule has 10 heteroatoms. The first kappa shape index (κ1) is 27.4. The van der Waals surface area contributed by atoms with Gasteiger partial charge in [-0.15, -0.1) is 0 Å². The number of rotatable bonds is 11. The normalized spacial score (nSPS) is 16.1. The number of methoxy groups -OCH3 is 1. The number of carbonyl (C=O) groups is 1. The van der Waals surface area contributed by atoms with Gasteiger partial charge in [-0.3, -0.25) is 10.2 Å². The zero-order valence-electron chi connectivity index (χ0n) is 22.2. The Morgan fingerprint density at radius 1 is 1.00 bits per heavy atom. The number of hydrogen-bond acceptors (Lipinski definition) is 8. The molecule has 38 heavy (non-hydrogen) atoms. The number of aliphatic imine (C=N–C) groups is 1. The molecule has 2 aromatic carbocycles. The summed E-state index contributed by atoms with van der Waals surface area (Å²) in [5, 5.41) is 15.6. The maximum atomic E-state index is 12.6. The predicted molar refractivity (Wildman–Crippen MR) is 151 cm³/mol. The fourth-order valence-electron chi connectivity index (χ4n) is 3.63. The minimum absolute atomic E-state index is 0.00100. The highest BCUT2D eigenvalue weighted by molar-refractivity contribution is 8.27. The second-order valence-corrected chi connectivity index (χ2v) is 10.1. The molecule has 0 aromatic heterocycles. The third kappa shape index (κ3) is 6.43. The van der Waals surface area contributed by atoms with E-state index in [2.05, 4.69) is 23.9 Å². The van der Waals surface area contributed by atoms with Crippen LogP contribution in [0.5, 0.6) is 17.2 Å². The van der Waals surface area contributed by atoms with Crippen LogP contribution in [0.4, 0.5) is 0 Å². The van der Waals surface area contributed by atoms with Gasteiger partial charge in [0.2, 0.25) is 5.17 Å². The highest BCUT2D eigenvalue weighted by Crippen LogP contribution is 2.32. The molecular formula is C28H32N4O5S. The Hall–Kier alpha value is -3.63. The van der Waals surface area contributed by atoms with Crippen molar-refractivity contribution in [3.05, 3.63) is 58.7 Å². The highest BCUT2D eigenvalue weighted by Gasteiger charge is 2.36. The topological polar surface area (TPSA) is 106 Å². The Morgan fingerprint density at radius 2 is 1.76 bits per heavy atom. The number of carbonyl (C=O) groups excluding carboxylic acids is 1. The fourth-order valence-corrected chi connectivity index (χ4v) is 4.53. The standard InChI is InChI=1S/C28H32N4O5S/c1-17(2)27-31-32-25(29)22(26(33)30-28(32)38-27)15-20-7-9-23(24(16-20)34-5)37-13-11-35-10-12-36-21-8-6-18(3)19(4)14-21/h6-9,14-17,29H,10-13H2,1-5H3/b22-15-,29-25?. The summed E-state index contributed by atoms with van der Waals surface area (Å²) in [4.78, 5) is 16.8. The zero-order chi connectivity index (χ0) is 27.2. The lowest BCUT2D eigenvalue weighted by atomic mass is 10.1. The first-order valence-electron chi connectivity index (χ1n) is 12.4. The summed E-state index contributed by atoms with van der Waals surface area (Å²) in [6.07, 6.45) is 1.61. The number of aryl methyl sites for hydroxylation is 2. The largest absolute Gasteiger partial charge is 0.493 e. The number of benzene rings is 2. The number of hydrogen-bond donors (Lipinski definition) is 1. The second-order valence-electron chi connectivity index (χ2n) is 9.08. The highest BCUT2D eigenvalue weighted by atomic mass is 32.2. The molecule has 9 nitrogen and oxygen atoms in total. The van der Waals surface area contributed by atoms with E-state index in [1.807, 2.05) is 32.0 Å². The molecule has 0 unspecified atom stereocenters.